The van der Waals surface area contributed by atoms with E-state index < -0.39 is 5.91 Å². The molecular formula is C15H12N4O3S. The molecule has 8 heteroatoms. The molecule has 116 valence electrons. The van der Waals surface area contributed by atoms with E-state index in [1.807, 2.05) is 17.5 Å². The second-order valence-electron chi connectivity index (χ2n) is 4.71. The Bertz CT molecular complexity index is 918. The van der Waals surface area contributed by atoms with E-state index >= 15 is 0 Å². The first-order valence-electron chi connectivity index (χ1n) is 6.74. The fourth-order valence-electron chi connectivity index (χ4n) is 2.09. The number of benzene rings is 1. The zero-order valence-electron chi connectivity index (χ0n) is 11.8. The van der Waals surface area contributed by atoms with Crippen LogP contribution in [-0.4, -0.2) is 22.0 Å². The Morgan fingerprint density at radius 1 is 1.09 bits per heavy atom. The molecule has 2 heterocycles. The van der Waals surface area contributed by atoms with Gasteiger partial charge in [0.05, 0.1) is 11.8 Å². The maximum atomic E-state index is 12.2. The van der Waals surface area contributed by atoms with E-state index in [2.05, 4.69) is 21.0 Å². The van der Waals surface area contributed by atoms with Gasteiger partial charge in [-0.25, -0.2) is 5.10 Å². The zero-order valence-corrected chi connectivity index (χ0v) is 12.6. The summed E-state index contributed by atoms with van der Waals surface area (Å²) in [4.78, 5) is 36.5. The largest absolute Gasteiger partial charge is 0.290 e. The number of carbonyl (C=O) groups is 2. The number of rotatable bonds is 3. The van der Waals surface area contributed by atoms with Gasteiger partial charge in [-0.05, 0) is 17.5 Å². The van der Waals surface area contributed by atoms with Crippen molar-refractivity contribution < 1.29 is 9.59 Å². The molecule has 3 aromatic rings. The number of hydrogen-bond acceptors (Lipinski definition) is 5. The summed E-state index contributed by atoms with van der Waals surface area (Å²) in [5.74, 6) is -0.938. The van der Waals surface area contributed by atoms with Crippen LogP contribution in [0, 0.1) is 0 Å². The Morgan fingerprint density at radius 3 is 2.61 bits per heavy atom. The predicted molar refractivity (Wildman–Crippen MR) is 86.0 cm³/mol. The highest BCUT2D eigenvalue weighted by atomic mass is 32.1. The molecule has 0 atom stereocenters. The van der Waals surface area contributed by atoms with Gasteiger partial charge < -0.3 is 0 Å². The minimum atomic E-state index is -0.600. The maximum Gasteiger partial charge on any atom is 0.290 e. The van der Waals surface area contributed by atoms with Crippen LogP contribution in [0.2, 0.25) is 0 Å². The monoisotopic (exact) mass is 328 g/mol. The van der Waals surface area contributed by atoms with Gasteiger partial charge in [-0.3, -0.25) is 25.2 Å². The summed E-state index contributed by atoms with van der Waals surface area (Å²) in [7, 11) is 0. The molecule has 0 fully saturated rings. The third-order valence-electron chi connectivity index (χ3n) is 3.14. The molecule has 23 heavy (non-hydrogen) atoms. The lowest BCUT2D eigenvalue weighted by molar-refractivity contribution is -0.121. The van der Waals surface area contributed by atoms with Crippen LogP contribution in [0.4, 0.5) is 0 Å². The highest BCUT2D eigenvalue weighted by Crippen LogP contribution is 2.12. The summed E-state index contributed by atoms with van der Waals surface area (Å²) in [6.45, 7) is 0. The van der Waals surface area contributed by atoms with Gasteiger partial charge in [0.25, 0.3) is 11.5 Å². The van der Waals surface area contributed by atoms with E-state index in [-0.39, 0.29) is 23.6 Å². The molecule has 0 bridgehead atoms. The zero-order chi connectivity index (χ0) is 16.2. The third kappa shape index (κ3) is 3.27. The molecule has 2 amide bonds. The van der Waals surface area contributed by atoms with Gasteiger partial charge in [-0.15, -0.1) is 11.3 Å². The van der Waals surface area contributed by atoms with Crippen molar-refractivity contribution >= 4 is 33.9 Å². The van der Waals surface area contributed by atoms with Gasteiger partial charge in [0, 0.05) is 10.3 Å². The van der Waals surface area contributed by atoms with Crippen LogP contribution in [0.1, 0.15) is 15.4 Å². The molecule has 0 saturated heterocycles. The van der Waals surface area contributed by atoms with Gasteiger partial charge in [0.15, 0.2) is 5.69 Å². The average molecular weight is 328 g/mol. The van der Waals surface area contributed by atoms with E-state index in [0.717, 1.165) is 4.88 Å². The van der Waals surface area contributed by atoms with Crippen molar-refractivity contribution in [2.45, 2.75) is 6.42 Å². The van der Waals surface area contributed by atoms with E-state index in [4.69, 9.17) is 0 Å². The van der Waals surface area contributed by atoms with Crippen molar-refractivity contribution in [2.75, 3.05) is 0 Å². The first kappa shape index (κ1) is 14.9. The van der Waals surface area contributed by atoms with E-state index in [1.165, 1.54) is 11.3 Å². The van der Waals surface area contributed by atoms with Gasteiger partial charge in [0.1, 0.15) is 0 Å². The lowest BCUT2D eigenvalue weighted by Crippen LogP contribution is -2.43. The molecular weight excluding hydrogens is 316 g/mol. The number of H-pyrrole nitrogens is 1. The first-order chi connectivity index (χ1) is 11.1. The number of thiophene rings is 1. The molecule has 7 nitrogen and oxygen atoms in total. The number of fused-ring (bicyclic) bond motifs is 1. The third-order valence-corrected chi connectivity index (χ3v) is 4.02. The number of aromatic nitrogens is 2. The molecule has 0 radical (unpaired) electrons. The lowest BCUT2D eigenvalue weighted by atomic mass is 10.1. The second kappa shape index (κ2) is 6.41. The van der Waals surface area contributed by atoms with Crippen LogP contribution < -0.4 is 16.4 Å². The molecule has 0 aliphatic rings. The molecule has 1 aromatic carbocycles. The van der Waals surface area contributed by atoms with Gasteiger partial charge in [-0.1, -0.05) is 24.3 Å². The van der Waals surface area contributed by atoms with E-state index in [1.54, 1.807) is 24.3 Å². The standard InChI is InChI=1S/C15H12N4O3S/c20-12(8-9-4-3-7-23-9)16-19-15(22)13-10-5-1-2-6-11(10)14(21)18-17-13/h1-7H,8H2,(H,16,20)(H,18,21)(H,19,22). The van der Waals surface area contributed by atoms with Crippen LogP contribution in [0.15, 0.2) is 46.6 Å². The summed E-state index contributed by atoms with van der Waals surface area (Å²) in [6.07, 6.45) is 0.178. The summed E-state index contributed by atoms with van der Waals surface area (Å²) in [5.41, 5.74) is 4.30. The molecule has 0 aliphatic heterocycles. The Hall–Kier alpha value is -3.00. The fraction of sp³-hybridized carbons (Fsp3) is 0.0667. The Labute approximate surface area is 134 Å². The van der Waals surface area contributed by atoms with Crippen molar-refractivity contribution in [2.24, 2.45) is 0 Å². The Balaban J connectivity index is 1.73. The number of hydrogen-bond donors (Lipinski definition) is 3. The molecule has 0 unspecified atom stereocenters. The minimum Gasteiger partial charge on any atom is -0.273 e. The normalized spacial score (nSPS) is 10.4. The van der Waals surface area contributed by atoms with Gasteiger partial charge in [0.2, 0.25) is 5.91 Å². The van der Waals surface area contributed by atoms with Crippen molar-refractivity contribution in [1.82, 2.24) is 21.0 Å². The predicted octanol–water partition coefficient (Wildman–Crippen LogP) is 0.988. The van der Waals surface area contributed by atoms with Crippen molar-refractivity contribution in [1.29, 1.82) is 0 Å². The SMILES string of the molecule is O=C(Cc1cccs1)NNC(=O)c1n[nH]c(=O)c2ccccc12. The number of hydrazine groups is 1. The molecule has 0 aliphatic carbocycles. The number of nitrogens with zero attached hydrogens (tertiary/aromatic N) is 1. The van der Waals surface area contributed by atoms with Crippen molar-refractivity contribution in [3.8, 4) is 0 Å². The molecule has 3 rings (SSSR count). The van der Waals surface area contributed by atoms with Gasteiger partial charge in [-0.2, -0.15) is 5.10 Å². The lowest BCUT2D eigenvalue weighted by Gasteiger charge is -2.07. The van der Waals surface area contributed by atoms with Crippen molar-refractivity contribution in [3.05, 3.63) is 62.7 Å². The topological polar surface area (TPSA) is 104 Å². The fourth-order valence-corrected chi connectivity index (χ4v) is 2.79. The summed E-state index contributed by atoms with van der Waals surface area (Å²) in [5, 5.41) is 8.68. The van der Waals surface area contributed by atoms with E-state index in [9.17, 15) is 14.4 Å². The summed E-state index contributed by atoms with van der Waals surface area (Å²) >= 11 is 1.46. The van der Waals surface area contributed by atoms with Gasteiger partial charge >= 0.3 is 0 Å². The second-order valence-corrected chi connectivity index (χ2v) is 5.74. The smallest absolute Gasteiger partial charge is 0.273 e. The van der Waals surface area contributed by atoms with Crippen molar-refractivity contribution in [3.63, 3.8) is 0 Å². The van der Waals surface area contributed by atoms with Crippen LogP contribution in [-0.2, 0) is 11.2 Å². The van der Waals surface area contributed by atoms with Crippen LogP contribution >= 0.6 is 11.3 Å². The molecule has 0 saturated carbocycles. The summed E-state index contributed by atoms with van der Waals surface area (Å²) in [6, 6.07) is 10.3. The maximum absolute atomic E-state index is 12.2. The highest BCUT2D eigenvalue weighted by Gasteiger charge is 2.14. The molecule has 0 spiro atoms. The van der Waals surface area contributed by atoms with Crippen LogP contribution in [0.3, 0.4) is 0 Å². The molecule has 3 N–H and O–H groups in total. The van der Waals surface area contributed by atoms with Crippen LogP contribution in [0.5, 0.6) is 0 Å². The number of amides is 2. The average Bonchev–Trinajstić information content (AvgIpc) is 3.06. The Morgan fingerprint density at radius 2 is 1.87 bits per heavy atom. The minimum absolute atomic E-state index is 0.0385. The molecule has 2 aromatic heterocycles. The highest BCUT2D eigenvalue weighted by molar-refractivity contribution is 7.10. The number of nitrogens with one attached hydrogen (secondary N) is 3. The Kier molecular flexibility index (Phi) is 4.15. The van der Waals surface area contributed by atoms with Crippen LogP contribution in [0.25, 0.3) is 10.8 Å². The number of carbonyl (C=O) groups excluding carboxylic acids is 2. The first-order valence-corrected chi connectivity index (χ1v) is 7.62. The number of aromatic amines is 1. The van der Waals surface area contributed by atoms with E-state index in [0.29, 0.717) is 10.8 Å². The summed E-state index contributed by atoms with van der Waals surface area (Å²) < 4.78 is 0. The quantitative estimate of drug-likeness (QED) is 0.624.